The zero-order valence-electron chi connectivity index (χ0n) is 10.9. The van der Waals surface area contributed by atoms with Crippen molar-refractivity contribution < 1.29 is 9.84 Å². The zero-order valence-corrected chi connectivity index (χ0v) is 10.9. The number of rotatable bonds is 5. The lowest BCUT2D eigenvalue weighted by molar-refractivity contribution is 0.326. The van der Waals surface area contributed by atoms with E-state index >= 15 is 0 Å². The SMILES string of the molecule is CN(CCOc1ccc(N)cc1)c1ccc(O)cc1. The third kappa shape index (κ3) is 3.81. The Morgan fingerprint density at radius 2 is 1.68 bits per heavy atom. The van der Waals surface area contributed by atoms with Gasteiger partial charge in [0.25, 0.3) is 0 Å². The molecule has 4 heteroatoms. The van der Waals surface area contributed by atoms with E-state index < -0.39 is 0 Å². The summed E-state index contributed by atoms with van der Waals surface area (Å²) >= 11 is 0. The molecule has 2 aromatic carbocycles. The maximum atomic E-state index is 9.23. The van der Waals surface area contributed by atoms with Gasteiger partial charge in [-0.05, 0) is 48.5 Å². The van der Waals surface area contributed by atoms with E-state index in [1.165, 1.54) is 0 Å². The van der Waals surface area contributed by atoms with Crippen molar-refractivity contribution in [1.82, 2.24) is 0 Å². The van der Waals surface area contributed by atoms with Crippen LogP contribution in [-0.2, 0) is 0 Å². The van der Waals surface area contributed by atoms with Gasteiger partial charge in [0.2, 0.25) is 0 Å². The number of phenols is 1. The fourth-order valence-corrected chi connectivity index (χ4v) is 1.70. The maximum absolute atomic E-state index is 9.23. The molecule has 0 amide bonds. The van der Waals surface area contributed by atoms with E-state index in [9.17, 15) is 5.11 Å². The Bertz CT molecular complexity index is 509. The standard InChI is InChI=1S/C15H18N2O2/c1-17(13-4-6-14(18)7-5-13)10-11-19-15-8-2-12(16)3-9-15/h2-9,18H,10-11,16H2,1H3. The number of benzene rings is 2. The minimum Gasteiger partial charge on any atom is -0.508 e. The Labute approximate surface area is 113 Å². The highest BCUT2D eigenvalue weighted by Crippen LogP contribution is 2.17. The fourth-order valence-electron chi connectivity index (χ4n) is 1.70. The molecular weight excluding hydrogens is 240 g/mol. The van der Waals surface area contributed by atoms with Crippen molar-refractivity contribution in [3.8, 4) is 11.5 Å². The molecule has 0 aromatic heterocycles. The summed E-state index contributed by atoms with van der Waals surface area (Å²) in [4.78, 5) is 2.07. The minimum absolute atomic E-state index is 0.273. The lowest BCUT2D eigenvalue weighted by atomic mass is 10.3. The van der Waals surface area contributed by atoms with Gasteiger partial charge in [0.15, 0.2) is 0 Å². The molecule has 0 aliphatic rings. The van der Waals surface area contributed by atoms with E-state index in [1.54, 1.807) is 12.1 Å². The minimum atomic E-state index is 0.273. The summed E-state index contributed by atoms with van der Waals surface area (Å²) in [6, 6.07) is 14.4. The molecule has 3 N–H and O–H groups in total. The summed E-state index contributed by atoms with van der Waals surface area (Å²) in [7, 11) is 1.98. The van der Waals surface area contributed by atoms with Crippen LogP contribution in [0.4, 0.5) is 11.4 Å². The van der Waals surface area contributed by atoms with Crippen molar-refractivity contribution in [3.05, 3.63) is 48.5 Å². The van der Waals surface area contributed by atoms with Gasteiger partial charge in [-0.3, -0.25) is 0 Å². The molecule has 100 valence electrons. The summed E-state index contributed by atoms with van der Waals surface area (Å²) in [5, 5.41) is 9.23. The third-order valence-corrected chi connectivity index (χ3v) is 2.87. The number of nitrogen functional groups attached to an aromatic ring is 1. The van der Waals surface area contributed by atoms with Crippen LogP contribution in [0.25, 0.3) is 0 Å². The first kappa shape index (κ1) is 13.1. The van der Waals surface area contributed by atoms with Gasteiger partial charge in [0.1, 0.15) is 18.1 Å². The molecule has 0 heterocycles. The molecule has 0 fully saturated rings. The monoisotopic (exact) mass is 258 g/mol. The molecular formula is C15H18N2O2. The van der Waals surface area contributed by atoms with Crippen LogP contribution in [0.15, 0.2) is 48.5 Å². The molecule has 0 bridgehead atoms. The van der Waals surface area contributed by atoms with Crippen molar-refractivity contribution in [2.75, 3.05) is 30.8 Å². The van der Waals surface area contributed by atoms with Crippen LogP contribution in [0.1, 0.15) is 0 Å². The van der Waals surface area contributed by atoms with Crippen LogP contribution >= 0.6 is 0 Å². The molecule has 0 atom stereocenters. The topological polar surface area (TPSA) is 58.7 Å². The number of hydrogen-bond donors (Lipinski definition) is 2. The number of phenolic OH excluding ortho intramolecular Hbond substituents is 1. The highest BCUT2D eigenvalue weighted by atomic mass is 16.5. The quantitative estimate of drug-likeness (QED) is 0.809. The van der Waals surface area contributed by atoms with Crippen molar-refractivity contribution in [1.29, 1.82) is 0 Å². The van der Waals surface area contributed by atoms with Crippen molar-refractivity contribution >= 4 is 11.4 Å². The van der Waals surface area contributed by atoms with Crippen LogP contribution < -0.4 is 15.4 Å². The molecule has 0 aliphatic carbocycles. The second kappa shape index (κ2) is 6.00. The van der Waals surface area contributed by atoms with Gasteiger partial charge < -0.3 is 20.5 Å². The van der Waals surface area contributed by atoms with Crippen molar-refractivity contribution in [2.24, 2.45) is 0 Å². The highest BCUT2D eigenvalue weighted by molar-refractivity contribution is 5.48. The number of nitrogens with two attached hydrogens (primary N) is 1. The fraction of sp³-hybridized carbons (Fsp3) is 0.200. The number of aromatic hydroxyl groups is 1. The Balaban J connectivity index is 1.82. The average molecular weight is 258 g/mol. The van der Waals surface area contributed by atoms with E-state index in [0.717, 1.165) is 23.7 Å². The first-order valence-corrected chi connectivity index (χ1v) is 6.13. The molecule has 2 rings (SSSR count). The van der Waals surface area contributed by atoms with Crippen molar-refractivity contribution in [2.45, 2.75) is 0 Å². The van der Waals surface area contributed by atoms with Gasteiger partial charge in [-0.1, -0.05) is 0 Å². The number of nitrogens with zero attached hydrogens (tertiary/aromatic N) is 1. The summed E-state index contributed by atoms with van der Waals surface area (Å²) in [5.74, 6) is 1.09. The molecule has 0 radical (unpaired) electrons. The normalized spacial score (nSPS) is 10.2. The molecule has 4 nitrogen and oxygen atoms in total. The molecule has 0 aliphatic heterocycles. The van der Waals surface area contributed by atoms with E-state index in [0.29, 0.717) is 6.61 Å². The summed E-state index contributed by atoms with van der Waals surface area (Å²) in [6.07, 6.45) is 0. The Morgan fingerprint density at radius 3 is 2.32 bits per heavy atom. The van der Waals surface area contributed by atoms with Gasteiger partial charge in [-0.2, -0.15) is 0 Å². The second-order valence-corrected chi connectivity index (χ2v) is 4.36. The number of ether oxygens (including phenoxy) is 1. The van der Waals surface area contributed by atoms with Gasteiger partial charge in [0.05, 0.1) is 6.54 Å². The number of likely N-dealkylation sites (N-methyl/N-ethyl adjacent to an activating group) is 1. The van der Waals surface area contributed by atoms with E-state index in [-0.39, 0.29) is 5.75 Å². The van der Waals surface area contributed by atoms with E-state index in [2.05, 4.69) is 4.90 Å². The maximum Gasteiger partial charge on any atom is 0.119 e. The molecule has 0 unspecified atom stereocenters. The molecule has 19 heavy (non-hydrogen) atoms. The summed E-state index contributed by atoms with van der Waals surface area (Å²) < 4.78 is 5.63. The largest absolute Gasteiger partial charge is 0.508 e. The number of hydrogen-bond acceptors (Lipinski definition) is 4. The lowest BCUT2D eigenvalue weighted by Crippen LogP contribution is -2.23. The van der Waals surface area contributed by atoms with Gasteiger partial charge in [-0.25, -0.2) is 0 Å². The molecule has 0 saturated heterocycles. The van der Waals surface area contributed by atoms with Gasteiger partial charge in [-0.15, -0.1) is 0 Å². The zero-order chi connectivity index (χ0) is 13.7. The summed E-state index contributed by atoms with van der Waals surface area (Å²) in [5.41, 5.74) is 7.38. The van der Waals surface area contributed by atoms with Crippen LogP contribution in [0.5, 0.6) is 11.5 Å². The number of anilines is 2. The lowest BCUT2D eigenvalue weighted by Gasteiger charge is -2.19. The third-order valence-electron chi connectivity index (χ3n) is 2.87. The summed E-state index contributed by atoms with van der Waals surface area (Å²) in [6.45, 7) is 1.34. The highest BCUT2D eigenvalue weighted by Gasteiger charge is 2.01. The Kier molecular flexibility index (Phi) is 4.13. The Morgan fingerprint density at radius 1 is 1.05 bits per heavy atom. The first-order valence-electron chi connectivity index (χ1n) is 6.13. The smallest absolute Gasteiger partial charge is 0.119 e. The predicted octanol–water partition coefficient (Wildman–Crippen LogP) is 2.49. The van der Waals surface area contributed by atoms with Crippen molar-refractivity contribution in [3.63, 3.8) is 0 Å². The van der Waals surface area contributed by atoms with E-state index in [1.807, 2.05) is 43.4 Å². The Hall–Kier alpha value is -2.36. The molecule has 0 spiro atoms. The van der Waals surface area contributed by atoms with Crippen LogP contribution in [0.2, 0.25) is 0 Å². The first-order chi connectivity index (χ1) is 9.15. The van der Waals surface area contributed by atoms with Crippen LogP contribution in [-0.4, -0.2) is 25.3 Å². The van der Waals surface area contributed by atoms with Crippen LogP contribution in [0, 0.1) is 0 Å². The van der Waals surface area contributed by atoms with E-state index in [4.69, 9.17) is 10.5 Å². The molecule has 2 aromatic rings. The second-order valence-electron chi connectivity index (χ2n) is 4.36. The molecule has 0 saturated carbocycles. The van der Waals surface area contributed by atoms with Gasteiger partial charge in [0, 0.05) is 18.4 Å². The average Bonchev–Trinajstić information content (AvgIpc) is 2.41. The van der Waals surface area contributed by atoms with Gasteiger partial charge >= 0.3 is 0 Å². The predicted molar refractivity (Wildman–Crippen MR) is 77.7 cm³/mol. The van der Waals surface area contributed by atoms with Crippen LogP contribution in [0.3, 0.4) is 0 Å².